The molecule has 4 unspecified atom stereocenters. The molecule has 1 heterocycles. The minimum atomic E-state index is 0.0103. The quantitative estimate of drug-likeness (QED) is 0.890. The molecule has 2 nitrogen and oxygen atoms in total. The SMILES string of the molecule is CC1C=C2C=CC(C)C(CCc3cccc(=O)[nH]3)C2CC1. The molecule has 0 fully saturated rings. The third-order valence-electron chi connectivity index (χ3n) is 5.20. The normalized spacial score (nSPS) is 31.6. The topological polar surface area (TPSA) is 32.9 Å². The van der Waals surface area contributed by atoms with Gasteiger partial charge < -0.3 is 4.98 Å². The van der Waals surface area contributed by atoms with Gasteiger partial charge in [-0.1, -0.05) is 38.1 Å². The van der Waals surface area contributed by atoms with Crippen LogP contribution in [0.25, 0.3) is 0 Å². The summed E-state index contributed by atoms with van der Waals surface area (Å²) in [4.78, 5) is 14.3. The predicted molar refractivity (Wildman–Crippen MR) is 87.1 cm³/mol. The van der Waals surface area contributed by atoms with Crippen molar-refractivity contribution in [2.75, 3.05) is 0 Å². The first-order valence-electron chi connectivity index (χ1n) is 8.21. The van der Waals surface area contributed by atoms with Crippen LogP contribution in [0.2, 0.25) is 0 Å². The van der Waals surface area contributed by atoms with Crippen LogP contribution in [0.3, 0.4) is 0 Å². The molecule has 21 heavy (non-hydrogen) atoms. The fourth-order valence-corrected chi connectivity index (χ4v) is 3.98. The molecule has 0 saturated carbocycles. The number of nitrogens with one attached hydrogen (secondary N) is 1. The van der Waals surface area contributed by atoms with Gasteiger partial charge in [0.05, 0.1) is 0 Å². The van der Waals surface area contributed by atoms with Crippen molar-refractivity contribution in [3.63, 3.8) is 0 Å². The van der Waals surface area contributed by atoms with Gasteiger partial charge >= 0.3 is 0 Å². The molecule has 1 aromatic rings. The zero-order valence-corrected chi connectivity index (χ0v) is 13.0. The lowest BCUT2D eigenvalue weighted by Gasteiger charge is -2.38. The highest BCUT2D eigenvalue weighted by atomic mass is 16.1. The van der Waals surface area contributed by atoms with Gasteiger partial charge in [-0.2, -0.15) is 0 Å². The molecule has 2 aliphatic rings. The van der Waals surface area contributed by atoms with Crippen molar-refractivity contribution < 1.29 is 0 Å². The van der Waals surface area contributed by atoms with Crippen LogP contribution in [-0.4, -0.2) is 4.98 Å². The highest BCUT2D eigenvalue weighted by molar-refractivity contribution is 5.29. The molecule has 0 saturated heterocycles. The van der Waals surface area contributed by atoms with E-state index >= 15 is 0 Å². The van der Waals surface area contributed by atoms with Crippen LogP contribution in [0.1, 0.15) is 38.8 Å². The molecule has 1 N–H and O–H groups in total. The summed E-state index contributed by atoms with van der Waals surface area (Å²) >= 11 is 0. The Bertz CT molecular complexity index is 610. The van der Waals surface area contributed by atoms with Crippen LogP contribution in [0, 0.1) is 23.7 Å². The average Bonchev–Trinajstić information content (AvgIpc) is 2.46. The Labute approximate surface area is 127 Å². The standard InChI is InChI=1S/C19H25NO/c1-13-6-10-18-15(12-13)8-7-14(2)17(18)11-9-16-4-3-5-19(21)20-16/h3-5,7-8,12-14,17-18H,6,9-11H2,1-2H3,(H,20,21). The van der Waals surface area contributed by atoms with E-state index in [1.807, 2.05) is 12.1 Å². The maximum atomic E-state index is 11.4. The Kier molecular flexibility index (Phi) is 4.14. The van der Waals surface area contributed by atoms with Gasteiger partial charge in [0.1, 0.15) is 0 Å². The van der Waals surface area contributed by atoms with E-state index in [4.69, 9.17) is 0 Å². The monoisotopic (exact) mass is 283 g/mol. The maximum absolute atomic E-state index is 11.4. The van der Waals surface area contributed by atoms with Gasteiger partial charge in [-0.3, -0.25) is 4.79 Å². The number of rotatable bonds is 3. The Morgan fingerprint density at radius 2 is 2.10 bits per heavy atom. The number of H-pyrrole nitrogens is 1. The molecule has 0 radical (unpaired) electrons. The first kappa shape index (κ1) is 14.4. The van der Waals surface area contributed by atoms with E-state index < -0.39 is 0 Å². The number of allylic oxidation sites excluding steroid dienone is 4. The van der Waals surface area contributed by atoms with Crippen molar-refractivity contribution in [3.05, 3.63) is 58.0 Å². The summed E-state index contributed by atoms with van der Waals surface area (Å²) < 4.78 is 0. The maximum Gasteiger partial charge on any atom is 0.248 e. The molecule has 0 amide bonds. The second-order valence-corrected chi connectivity index (χ2v) is 6.79. The molecule has 1 aromatic heterocycles. The fraction of sp³-hybridized carbons (Fsp3) is 0.526. The molecule has 3 rings (SSSR count). The molecule has 0 bridgehead atoms. The molecule has 4 atom stereocenters. The fourth-order valence-electron chi connectivity index (χ4n) is 3.98. The smallest absolute Gasteiger partial charge is 0.248 e. The van der Waals surface area contributed by atoms with Crippen molar-refractivity contribution in [2.45, 2.75) is 39.5 Å². The van der Waals surface area contributed by atoms with Crippen molar-refractivity contribution in [2.24, 2.45) is 23.7 Å². The number of aryl methyl sites for hydroxylation is 1. The van der Waals surface area contributed by atoms with Gasteiger partial charge in [0.25, 0.3) is 0 Å². The largest absolute Gasteiger partial charge is 0.326 e. The zero-order chi connectivity index (χ0) is 14.8. The summed E-state index contributed by atoms with van der Waals surface area (Å²) in [6.07, 6.45) is 11.9. The Hall–Kier alpha value is -1.57. The number of aromatic nitrogens is 1. The van der Waals surface area contributed by atoms with E-state index in [9.17, 15) is 4.79 Å². The number of fused-ring (bicyclic) bond motifs is 1. The van der Waals surface area contributed by atoms with Gasteiger partial charge in [0.2, 0.25) is 5.56 Å². The van der Waals surface area contributed by atoms with Crippen LogP contribution in [-0.2, 0) is 6.42 Å². The van der Waals surface area contributed by atoms with E-state index in [1.165, 1.54) is 12.8 Å². The summed E-state index contributed by atoms with van der Waals surface area (Å²) in [7, 11) is 0. The summed E-state index contributed by atoms with van der Waals surface area (Å²) in [6.45, 7) is 4.66. The Morgan fingerprint density at radius 3 is 2.90 bits per heavy atom. The van der Waals surface area contributed by atoms with Crippen molar-refractivity contribution in [1.82, 2.24) is 4.98 Å². The van der Waals surface area contributed by atoms with E-state index in [1.54, 1.807) is 11.6 Å². The van der Waals surface area contributed by atoms with Crippen LogP contribution >= 0.6 is 0 Å². The second kappa shape index (κ2) is 6.05. The number of hydrogen-bond donors (Lipinski definition) is 1. The van der Waals surface area contributed by atoms with Crippen LogP contribution in [0.5, 0.6) is 0 Å². The molecule has 0 aromatic carbocycles. The molecule has 2 aliphatic carbocycles. The third-order valence-corrected chi connectivity index (χ3v) is 5.20. The molecular formula is C19H25NO. The summed E-state index contributed by atoms with van der Waals surface area (Å²) in [5.41, 5.74) is 2.63. The molecule has 0 aliphatic heterocycles. The van der Waals surface area contributed by atoms with Crippen LogP contribution in [0.15, 0.2) is 46.8 Å². The van der Waals surface area contributed by atoms with Crippen molar-refractivity contribution >= 4 is 0 Å². The summed E-state index contributed by atoms with van der Waals surface area (Å²) in [5, 5.41) is 0. The van der Waals surface area contributed by atoms with E-state index in [0.717, 1.165) is 30.4 Å². The number of aromatic amines is 1. The highest BCUT2D eigenvalue weighted by Crippen LogP contribution is 2.43. The molecule has 2 heteroatoms. The van der Waals surface area contributed by atoms with Crippen molar-refractivity contribution in [3.8, 4) is 0 Å². The first-order valence-corrected chi connectivity index (χ1v) is 8.21. The predicted octanol–water partition coefficient (Wildman–Crippen LogP) is 4.10. The lowest BCUT2D eigenvalue weighted by Crippen LogP contribution is -2.29. The summed E-state index contributed by atoms with van der Waals surface area (Å²) in [6, 6.07) is 5.47. The number of pyridine rings is 1. The minimum absolute atomic E-state index is 0.0103. The van der Waals surface area contributed by atoms with Crippen molar-refractivity contribution in [1.29, 1.82) is 0 Å². The van der Waals surface area contributed by atoms with Gasteiger partial charge in [-0.05, 0) is 61.0 Å². The lowest BCUT2D eigenvalue weighted by atomic mass is 9.67. The number of hydrogen-bond acceptors (Lipinski definition) is 1. The Morgan fingerprint density at radius 1 is 1.24 bits per heavy atom. The molecule has 112 valence electrons. The van der Waals surface area contributed by atoms with Gasteiger partial charge in [0.15, 0.2) is 0 Å². The van der Waals surface area contributed by atoms with Crippen LogP contribution < -0.4 is 5.56 Å². The van der Waals surface area contributed by atoms with E-state index in [2.05, 4.69) is 37.1 Å². The lowest BCUT2D eigenvalue weighted by molar-refractivity contribution is 0.249. The highest BCUT2D eigenvalue weighted by Gasteiger charge is 2.32. The zero-order valence-electron chi connectivity index (χ0n) is 13.0. The summed E-state index contributed by atoms with van der Waals surface area (Å²) in [5.74, 6) is 2.78. The van der Waals surface area contributed by atoms with Crippen LogP contribution in [0.4, 0.5) is 0 Å². The molecule has 0 spiro atoms. The minimum Gasteiger partial charge on any atom is -0.326 e. The average molecular weight is 283 g/mol. The third kappa shape index (κ3) is 3.20. The molecular weight excluding hydrogens is 258 g/mol. The van der Waals surface area contributed by atoms with E-state index in [-0.39, 0.29) is 5.56 Å². The first-order chi connectivity index (χ1) is 10.1. The Balaban J connectivity index is 1.73. The van der Waals surface area contributed by atoms with Gasteiger partial charge in [0, 0.05) is 11.8 Å². The van der Waals surface area contributed by atoms with Gasteiger partial charge in [-0.15, -0.1) is 0 Å². The second-order valence-electron chi connectivity index (χ2n) is 6.79. The van der Waals surface area contributed by atoms with Gasteiger partial charge in [-0.25, -0.2) is 0 Å². The van der Waals surface area contributed by atoms with E-state index in [0.29, 0.717) is 11.8 Å².